The molecule has 0 rings (SSSR count). The Morgan fingerprint density at radius 3 is 2.44 bits per heavy atom. The molecule has 0 spiro atoms. The van der Waals surface area contributed by atoms with Crippen LogP contribution < -0.4 is 5.32 Å². The SMILES string of the molecule is CC(C)NCCS(C)=O. The summed E-state index contributed by atoms with van der Waals surface area (Å²) < 4.78 is 10.5. The topological polar surface area (TPSA) is 29.1 Å². The molecule has 0 saturated heterocycles. The maximum atomic E-state index is 10.5. The van der Waals surface area contributed by atoms with E-state index in [1.807, 2.05) is 0 Å². The molecule has 3 heteroatoms. The van der Waals surface area contributed by atoms with Crippen molar-refractivity contribution in [2.45, 2.75) is 19.9 Å². The lowest BCUT2D eigenvalue weighted by Crippen LogP contribution is -2.26. The highest BCUT2D eigenvalue weighted by Gasteiger charge is 1.92. The second-order valence-electron chi connectivity index (χ2n) is 2.39. The zero-order chi connectivity index (χ0) is 7.28. The van der Waals surface area contributed by atoms with Crippen LogP contribution in [0.25, 0.3) is 0 Å². The quantitative estimate of drug-likeness (QED) is 0.625. The van der Waals surface area contributed by atoms with Gasteiger partial charge in [-0.25, -0.2) is 0 Å². The third-order valence-corrected chi connectivity index (χ3v) is 1.72. The average molecular weight is 149 g/mol. The van der Waals surface area contributed by atoms with Gasteiger partial charge in [0, 0.05) is 35.4 Å². The largest absolute Gasteiger partial charge is 0.314 e. The van der Waals surface area contributed by atoms with Gasteiger partial charge in [-0.2, -0.15) is 0 Å². The van der Waals surface area contributed by atoms with Crippen molar-refractivity contribution in [1.82, 2.24) is 5.32 Å². The van der Waals surface area contributed by atoms with Crippen LogP contribution in [0.2, 0.25) is 0 Å². The van der Waals surface area contributed by atoms with Crippen LogP contribution in [0.3, 0.4) is 0 Å². The van der Waals surface area contributed by atoms with E-state index in [9.17, 15) is 4.21 Å². The van der Waals surface area contributed by atoms with Crippen LogP contribution in [-0.2, 0) is 10.8 Å². The molecule has 56 valence electrons. The van der Waals surface area contributed by atoms with Crippen LogP contribution >= 0.6 is 0 Å². The molecular weight excluding hydrogens is 134 g/mol. The smallest absolute Gasteiger partial charge is 0.0357 e. The highest BCUT2D eigenvalue weighted by Crippen LogP contribution is 1.76. The van der Waals surface area contributed by atoms with E-state index in [-0.39, 0.29) is 0 Å². The highest BCUT2D eigenvalue weighted by molar-refractivity contribution is 7.84. The van der Waals surface area contributed by atoms with Crippen molar-refractivity contribution < 1.29 is 4.21 Å². The van der Waals surface area contributed by atoms with E-state index in [0.717, 1.165) is 12.3 Å². The van der Waals surface area contributed by atoms with Crippen LogP contribution in [-0.4, -0.2) is 28.8 Å². The van der Waals surface area contributed by atoms with Crippen molar-refractivity contribution >= 4 is 10.8 Å². The van der Waals surface area contributed by atoms with Crippen LogP contribution in [0.15, 0.2) is 0 Å². The third kappa shape index (κ3) is 8.11. The van der Waals surface area contributed by atoms with Gasteiger partial charge in [-0.3, -0.25) is 4.21 Å². The Bertz CT molecular complexity index is 93.1. The summed E-state index contributed by atoms with van der Waals surface area (Å²) >= 11 is 0. The summed E-state index contributed by atoms with van der Waals surface area (Å²) in [6, 6.07) is 0.508. The maximum absolute atomic E-state index is 10.5. The van der Waals surface area contributed by atoms with Crippen molar-refractivity contribution in [2.24, 2.45) is 0 Å². The molecule has 0 aromatic heterocycles. The summed E-state index contributed by atoms with van der Waals surface area (Å²) in [6.07, 6.45) is 1.72. The van der Waals surface area contributed by atoms with Crippen molar-refractivity contribution in [1.29, 1.82) is 0 Å². The van der Waals surface area contributed by atoms with Crippen LogP contribution in [0, 0.1) is 0 Å². The van der Waals surface area contributed by atoms with Gasteiger partial charge in [-0.05, 0) is 0 Å². The molecule has 9 heavy (non-hydrogen) atoms. The van der Waals surface area contributed by atoms with Crippen molar-refractivity contribution in [2.75, 3.05) is 18.6 Å². The van der Waals surface area contributed by atoms with E-state index < -0.39 is 10.8 Å². The summed E-state index contributed by atoms with van der Waals surface area (Å²) in [7, 11) is -0.644. The summed E-state index contributed by atoms with van der Waals surface area (Å²) in [4.78, 5) is 0. The van der Waals surface area contributed by atoms with Gasteiger partial charge in [-0.15, -0.1) is 0 Å². The average Bonchev–Trinajstić information content (AvgIpc) is 1.63. The normalized spacial score (nSPS) is 14.2. The summed E-state index contributed by atoms with van der Waals surface area (Å²) in [5.41, 5.74) is 0. The monoisotopic (exact) mass is 149 g/mol. The summed E-state index contributed by atoms with van der Waals surface area (Å²) in [6.45, 7) is 5.03. The van der Waals surface area contributed by atoms with E-state index in [0.29, 0.717) is 6.04 Å². The van der Waals surface area contributed by atoms with Gasteiger partial charge in [0.25, 0.3) is 0 Å². The van der Waals surface area contributed by atoms with Gasteiger partial charge in [0.05, 0.1) is 0 Å². The predicted molar refractivity (Wildman–Crippen MR) is 42.1 cm³/mol. The lowest BCUT2D eigenvalue weighted by Gasteiger charge is -2.04. The zero-order valence-corrected chi connectivity index (χ0v) is 7.12. The minimum Gasteiger partial charge on any atom is -0.314 e. The fourth-order valence-electron chi connectivity index (χ4n) is 0.491. The Hall–Kier alpha value is 0.110. The molecule has 0 heterocycles. The number of hydrogen-bond acceptors (Lipinski definition) is 2. The minimum atomic E-state index is -0.644. The first kappa shape index (κ1) is 9.11. The first-order valence-corrected chi connectivity index (χ1v) is 4.89. The molecule has 0 aromatic carbocycles. The molecule has 2 nitrogen and oxygen atoms in total. The van der Waals surface area contributed by atoms with Gasteiger partial charge in [-0.1, -0.05) is 13.8 Å². The van der Waals surface area contributed by atoms with E-state index in [1.54, 1.807) is 6.26 Å². The van der Waals surface area contributed by atoms with Crippen LogP contribution in [0.4, 0.5) is 0 Å². The summed E-state index contributed by atoms with van der Waals surface area (Å²) in [5.74, 6) is 0.762. The first-order valence-electron chi connectivity index (χ1n) is 3.16. The lowest BCUT2D eigenvalue weighted by atomic mass is 10.4. The number of nitrogens with one attached hydrogen (secondary N) is 1. The molecule has 0 saturated carbocycles. The van der Waals surface area contributed by atoms with Gasteiger partial charge < -0.3 is 5.32 Å². The molecule has 1 unspecified atom stereocenters. The fourth-order valence-corrected chi connectivity index (χ4v) is 0.897. The lowest BCUT2D eigenvalue weighted by molar-refractivity contribution is 0.611. The zero-order valence-electron chi connectivity index (χ0n) is 6.31. The van der Waals surface area contributed by atoms with Gasteiger partial charge in [0.2, 0.25) is 0 Å². The van der Waals surface area contributed by atoms with E-state index in [2.05, 4.69) is 19.2 Å². The standard InChI is InChI=1S/C6H15NOS/c1-6(2)7-4-5-9(3)8/h6-7H,4-5H2,1-3H3. The Balaban J connectivity index is 3.01. The molecule has 0 bridgehead atoms. The van der Waals surface area contributed by atoms with E-state index in [4.69, 9.17) is 0 Å². The van der Waals surface area contributed by atoms with Gasteiger partial charge in [0.15, 0.2) is 0 Å². The molecule has 0 radical (unpaired) electrons. The van der Waals surface area contributed by atoms with Gasteiger partial charge in [0.1, 0.15) is 0 Å². The Kier molecular flexibility index (Phi) is 5.00. The van der Waals surface area contributed by atoms with E-state index in [1.165, 1.54) is 0 Å². The Morgan fingerprint density at radius 1 is 1.56 bits per heavy atom. The van der Waals surface area contributed by atoms with Crippen molar-refractivity contribution in [3.05, 3.63) is 0 Å². The van der Waals surface area contributed by atoms with Crippen molar-refractivity contribution in [3.63, 3.8) is 0 Å². The summed E-state index contributed by atoms with van der Waals surface area (Å²) in [5, 5.41) is 3.18. The second-order valence-corrected chi connectivity index (χ2v) is 3.94. The molecule has 0 fully saturated rings. The van der Waals surface area contributed by atoms with Gasteiger partial charge >= 0.3 is 0 Å². The Morgan fingerprint density at radius 2 is 2.11 bits per heavy atom. The van der Waals surface area contributed by atoms with Crippen molar-refractivity contribution in [3.8, 4) is 0 Å². The van der Waals surface area contributed by atoms with Crippen LogP contribution in [0.5, 0.6) is 0 Å². The fraction of sp³-hybridized carbons (Fsp3) is 1.00. The maximum Gasteiger partial charge on any atom is 0.0357 e. The molecular formula is C6H15NOS. The highest BCUT2D eigenvalue weighted by atomic mass is 32.2. The first-order chi connectivity index (χ1) is 4.13. The molecule has 0 aliphatic heterocycles. The number of hydrogen-bond donors (Lipinski definition) is 1. The number of rotatable bonds is 4. The molecule has 1 N–H and O–H groups in total. The molecule has 1 atom stereocenters. The Labute approximate surface area is 59.5 Å². The van der Waals surface area contributed by atoms with Crippen LogP contribution in [0.1, 0.15) is 13.8 Å². The predicted octanol–water partition coefficient (Wildman–Crippen LogP) is 0.363. The minimum absolute atomic E-state index is 0.508. The molecule has 0 amide bonds. The molecule has 0 aliphatic carbocycles. The van der Waals surface area contributed by atoms with E-state index >= 15 is 0 Å². The molecule has 0 aliphatic rings. The third-order valence-electron chi connectivity index (χ3n) is 0.942. The second kappa shape index (κ2) is 4.94. The molecule has 0 aromatic rings.